The van der Waals surface area contributed by atoms with Gasteiger partial charge in [0.25, 0.3) is 0 Å². The average Bonchev–Trinajstić information content (AvgIpc) is 0.779. The van der Waals surface area contributed by atoms with E-state index in [0.29, 0.717) is 19.3 Å². The highest BCUT2D eigenvalue weighted by Crippen LogP contribution is 2.55. The lowest BCUT2D eigenvalue weighted by Crippen LogP contribution is -2.49. The predicted octanol–water partition coefficient (Wildman–Crippen LogP) is 27.2. The summed E-state index contributed by atoms with van der Waals surface area (Å²) < 4.78 is 6.35. The summed E-state index contributed by atoms with van der Waals surface area (Å²) in [5.41, 5.74) is -2.02. The van der Waals surface area contributed by atoms with Crippen LogP contribution < -0.4 is 0 Å². The second kappa shape index (κ2) is 82.6. The molecule has 0 saturated carbocycles. The Morgan fingerprint density at radius 2 is 0.302 bits per heavy atom. The summed E-state index contributed by atoms with van der Waals surface area (Å²) in [6.07, 6.45) is 84.8. The lowest BCUT2D eigenvalue weighted by molar-refractivity contribution is -0.159. The summed E-state index contributed by atoms with van der Waals surface area (Å²) in [5, 5.41) is 101. The van der Waals surface area contributed by atoms with Crippen LogP contribution in [0.1, 0.15) is 533 Å². The van der Waals surface area contributed by atoms with Gasteiger partial charge in [-0.05, 0) is 101 Å². The monoisotopic (exact) mass is 1650 g/mol. The van der Waals surface area contributed by atoms with Gasteiger partial charge in [0, 0.05) is 62.6 Å². The number of hydrogen-bond acceptors (Lipinski definition) is 12. The van der Waals surface area contributed by atoms with Gasteiger partial charge in [-0.1, -0.05) is 405 Å². The molecule has 1 atom stereocenters. The second-order valence-electron chi connectivity index (χ2n) is 36.6. The van der Waals surface area contributed by atoms with Crippen molar-refractivity contribution >= 4 is 35.8 Å². The van der Waals surface area contributed by atoms with Crippen molar-refractivity contribution in [1.29, 1.82) is 0 Å². The molecule has 0 heterocycles. The first kappa shape index (κ1) is 113. The first-order valence-electron chi connectivity index (χ1n) is 49.8. The summed E-state index contributed by atoms with van der Waals surface area (Å²) in [4.78, 5) is 68.4. The number of aliphatic hydroxyl groups is 5. The zero-order valence-corrected chi connectivity index (χ0v) is 75.3. The summed E-state index contributed by atoms with van der Waals surface area (Å²) in [5.74, 6) is -3.75. The van der Waals surface area contributed by atoms with Crippen molar-refractivity contribution in [1.82, 2.24) is 0 Å². The number of rotatable bonds is 98. The SMILES string of the molecule is O=C(O)CCCCCCCCCCCCCCC(CCCCCCCCCCCCCCC(=O)O)(CCCCCCCCCCCCCCC(=O)OCC(CO)(CCO)C(CCCCCCCCCCCCCC(=O)O)(CCCCCCCCCCCCCC(=O)O)CCCCCCCCCCCCCC(=O)O)C(CO)(CO)CCO. The topological polar surface area (TPSA) is 314 Å². The van der Waals surface area contributed by atoms with E-state index in [0.717, 1.165) is 276 Å². The molecular weight excluding hydrogens is 1460 g/mol. The summed E-state index contributed by atoms with van der Waals surface area (Å²) in [6, 6.07) is 0. The van der Waals surface area contributed by atoms with Crippen LogP contribution in [0.2, 0.25) is 0 Å². The van der Waals surface area contributed by atoms with E-state index in [9.17, 15) is 54.3 Å². The number of esters is 1. The zero-order valence-electron chi connectivity index (χ0n) is 75.3. The smallest absolute Gasteiger partial charge is 0.305 e. The molecule has 0 fully saturated rings. The molecule has 0 rings (SSSR count). The third kappa shape index (κ3) is 65.4. The Balaban J connectivity index is 5.83. The molecule has 17 heteroatoms. The molecule has 0 aliphatic heterocycles. The number of carbonyl (C=O) groups excluding carboxylic acids is 1. The first-order chi connectivity index (χ1) is 56.5. The Morgan fingerprint density at radius 1 is 0.164 bits per heavy atom. The molecule has 0 saturated heterocycles. The van der Waals surface area contributed by atoms with E-state index in [1.807, 2.05) is 0 Å². The number of carboxylic acid groups (broad SMARTS) is 5. The Morgan fingerprint density at radius 3 is 0.457 bits per heavy atom. The van der Waals surface area contributed by atoms with Crippen LogP contribution in [0, 0.1) is 21.7 Å². The molecule has 0 aliphatic carbocycles. The van der Waals surface area contributed by atoms with Crippen LogP contribution in [0.15, 0.2) is 0 Å². The fourth-order valence-corrected chi connectivity index (χ4v) is 19.2. The van der Waals surface area contributed by atoms with Crippen LogP contribution in [0.25, 0.3) is 0 Å². The van der Waals surface area contributed by atoms with Crippen LogP contribution in [-0.2, 0) is 33.5 Å². The lowest BCUT2D eigenvalue weighted by Gasteiger charge is -2.51. The first-order valence-corrected chi connectivity index (χ1v) is 49.8. The summed E-state index contributed by atoms with van der Waals surface area (Å²) in [6.45, 7) is -0.355. The van der Waals surface area contributed by atoms with Gasteiger partial charge < -0.3 is 55.8 Å². The van der Waals surface area contributed by atoms with Gasteiger partial charge in [-0.2, -0.15) is 0 Å². The largest absolute Gasteiger partial charge is 0.481 e. The number of unbranched alkanes of at least 4 members (excludes halogenated alkanes) is 63. The fraction of sp³-hybridized carbons (Fsp3) is 0.939. The molecule has 116 heavy (non-hydrogen) atoms. The molecule has 0 aromatic carbocycles. The number of carboxylic acids is 5. The minimum absolute atomic E-state index is 0.0469. The Kier molecular flexibility index (Phi) is 80.2. The molecule has 0 aromatic heterocycles. The molecule has 1 unspecified atom stereocenters. The number of ether oxygens (including phenoxy) is 1. The number of hydrogen-bond donors (Lipinski definition) is 10. The summed E-state index contributed by atoms with van der Waals surface area (Å²) in [7, 11) is 0. The third-order valence-electron chi connectivity index (χ3n) is 26.9. The Bertz CT molecular complexity index is 2060. The molecular formula is C99H188O17. The number of aliphatic carboxylic acids is 5. The van der Waals surface area contributed by atoms with Crippen molar-refractivity contribution in [3.8, 4) is 0 Å². The molecule has 0 aromatic rings. The van der Waals surface area contributed by atoms with Crippen molar-refractivity contribution in [2.24, 2.45) is 21.7 Å². The van der Waals surface area contributed by atoms with Crippen LogP contribution in [-0.4, -0.2) is 127 Å². The van der Waals surface area contributed by atoms with Gasteiger partial charge in [0.2, 0.25) is 0 Å². The highest BCUT2D eigenvalue weighted by Gasteiger charge is 2.51. The molecule has 686 valence electrons. The van der Waals surface area contributed by atoms with E-state index in [-0.39, 0.29) is 88.5 Å². The van der Waals surface area contributed by atoms with E-state index < -0.39 is 40.7 Å². The van der Waals surface area contributed by atoms with Gasteiger partial charge in [-0.25, -0.2) is 0 Å². The highest BCUT2D eigenvalue weighted by atomic mass is 16.5. The maximum atomic E-state index is 13.9. The quantitative estimate of drug-likeness (QED) is 0.0200. The van der Waals surface area contributed by atoms with Crippen molar-refractivity contribution in [3.05, 3.63) is 0 Å². The van der Waals surface area contributed by atoms with Crippen molar-refractivity contribution in [3.63, 3.8) is 0 Å². The normalized spacial score (nSPS) is 12.6. The minimum Gasteiger partial charge on any atom is -0.481 e. The van der Waals surface area contributed by atoms with Crippen molar-refractivity contribution < 1.29 is 84.6 Å². The molecule has 17 nitrogen and oxygen atoms in total. The van der Waals surface area contributed by atoms with Gasteiger partial charge in [-0.3, -0.25) is 28.8 Å². The zero-order chi connectivity index (χ0) is 85.1. The summed E-state index contributed by atoms with van der Waals surface area (Å²) >= 11 is 0. The van der Waals surface area contributed by atoms with Crippen molar-refractivity contribution in [2.75, 3.05) is 39.6 Å². The van der Waals surface area contributed by atoms with E-state index in [1.165, 1.54) is 205 Å². The molecule has 0 aliphatic rings. The molecule has 0 amide bonds. The minimum atomic E-state index is -0.759. The molecule has 10 N–H and O–H groups in total. The fourth-order valence-electron chi connectivity index (χ4n) is 19.2. The Hall–Kier alpha value is -3.38. The molecule has 0 radical (unpaired) electrons. The van der Waals surface area contributed by atoms with E-state index in [1.54, 1.807) is 0 Å². The van der Waals surface area contributed by atoms with Crippen LogP contribution in [0.5, 0.6) is 0 Å². The molecule has 0 spiro atoms. The maximum Gasteiger partial charge on any atom is 0.305 e. The maximum absolute atomic E-state index is 13.9. The van der Waals surface area contributed by atoms with Crippen molar-refractivity contribution in [2.45, 2.75) is 533 Å². The van der Waals surface area contributed by atoms with E-state index in [4.69, 9.17) is 30.3 Å². The van der Waals surface area contributed by atoms with Crippen LogP contribution in [0.3, 0.4) is 0 Å². The number of aliphatic hydroxyl groups excluding tert-OH is 5. The van der Waals surface area contributed by atoms with Crippen LogP contribution >= 0.6 is 0 Å². The van der Waals surface area contributed by atoms with E-state index in [2.05, 4.69) is 0 Å². The average molecular weight is 1650 g/mol. The lowest BCUT2D eigenvalue weighted by atomic mass is 9.55. The number of carbonyl (C=O) groups is 6. The van der Waals surface area contributed by atoms with Gasteiger partial charge in [0.15, 0.2) is 0 Å². The Labute approximate surface area is 711 Å². The van der Waals surface area contributed by atoms with E-state index >= 15 is 0 Å². The van der Waals surface area contributed by atoms with Gasteiger partial charge in [-0.15, -0.1) is 0 Å². The third-order valence-corrected chi connectivity index (χ3v) is 26.9. The van der Waals surface area contributed by atoms with Gasteiger partial charge in [0.1, 0.15) is 0 Å². The second-order valence-corrected chi connectivity index (χ2v) is 36.6. The standard InChI is InChI=1S/C99H188O17/c100-84-82-98(86-102,87-103)96(76-64-52-40-28-16-4-1-10-22-34-46-58-70-90(105)106,77-65-53-41-29-17-5-2-11-23-35-47-59-71-91(107)108)78-66-54-42-30-18-6-3-15-27-39-51-63-75-95(115)116-89-99(88-104,83-85-101)97(79-67-55-43-31-19-7-12-24-36-48-60-72-92(109)110,80-68-56-44-32-20-8-13-25-37-49-61-73-93(111)112)81-69-57-45-33-21-9-14-26-38-50-62-74-94(113)114/h100-104H,1-89H2,(H,105,106)(H,107,108)(H,109,110)(H,111,112)(H,113,114). The van der Waals surface area contributed by atoms with Gasteiger partial charge in [0.05, 0.1) is 26.4 Å². The van der Waals surface area contributed by atoms with Gasteiger partial charge >= 0.3 is 35.8 Å². The van der Waals surface area contributed by atoms with Crippen LogP contribution in [0.4, 0.5) is 0 Å². The molecule has 0 bridgehead atoms. The predicted molar refractivity (Wildman–Crippen MR) is 478 cm³/mol. The highest BCUT2D eigenvalue weighted by molar-refractivity contribution is 5.69.